The average Bonchev–Trinajstić information content (AvgIpc) is 2.53. The molecule has 1 saturated carbocycles. The topological polar surface area (TPSA) is 41.5 Å². The van der Waals surface area contributed by atoms with Gasteiger partial charge in [-0.15, -0.1) is 0 Å². The van der Waals surface area contributed by atoms with Crippen LogP contribution in [0.5, 0.6) is 0 Å². The van der Waals surface area contributed by atoms with Gasteiger partial charge >= 0.3 is 0 Å². The van der Waals surface area contributed by atoms with Crippen LogP contribution in [0.3, 0.4) is 0 Å². The second kappa shape index (κ2) is 7.40. The fourth-order valence-electron chi connectivity index (χ4n) is 2.96. The molecule has 1 aliphatic carbocycles. The molecule has 1 N–H and O–H groups in total. The summed E-state index contributed by atoms with van der Waals surface area (Å²) < 4.78 is 0.898. The van der Waals surface area contributed by atoms with E-state index in [-0.39, 0.29) is 5.91 Å². The van der Waals surface area contributed by atoms with Crippen molar-refractivity contribution < 1.29 is 4.79 Å². The summed E-state index contributed by atoms with van der Waals surface area (Å²) in [5.74, 6) is 0.613. The number of carbonyl (C=O) groups is 1. The Morgan fingerprint density at radius 3 is 2.64 bits per heavy atom. The molecular weight excluding hydrogens is 340 g/mol. The molecule has 0 aliphatic heterocycles. The molecule has 0 unspecified atom stereocenters. The molecule has 22 heavy (non-hydrogen) atoms. The molecule has 1 aromatic carbocycles. The first-order valence-electron chi connectivity index (χ1n) is 8.03. The average molecular weight is 365 g/mol. The van der Waals surface area contributed by atoms with Gasteiger partial charge in [0.15, 0.2) is 0 Å². The van der Waals surface area contributed by atoms with Crippen LogP contribution < -0.4 is 5.43 Å². The number of benzene rings is 1. The van der Waals surface area contributed by atoms with Crippen molar-refractivity contribution in [2.75, 3.05) is 0 Å². The zero-order valence-electron chi connectivity index (χ0n) is 13.7. The van der Waals surface area contributed by atoms with Crippen LogP contribution in [0.25, 0.3) is 0 Å². The number of rotatable bonds is 4. The van der Waals surface area contributed by atoms with Crippen molar-refractivity contribution in [2.24, 2.45) is 16.4 Å². The number of nitrogens with one attached hydrogen (secondary N) is 1. The number of nitrogens with zero attached hydrogens (tertiary/aromatic N) is 1. The largest absolute Gasteiger partial charge is 0.271 e. The van der Waals surface area contributed by atoms with Gasteiger partial charge in [0.25, 0.3) is 5.91 Å². The minimum Gasteiger partial charge on any atom is -0.267 e. The summed E-state index contributed by atoms with van der Waals surface area (Å²) in [4.78, 5) is 12.1. The lowest BCUT2D eigenvalue weighted by molar-refractivity contribution is 0.0954. The molecule has 0 bridgehead atoms. The van der Waals surface area contributed by atoms with Gasteiger partial charge in [-0.25, -0.2) is 5.43 Å². The molecule has 2 rings (SSSR count). The molecule has 1 aliphatic rings. The predicted octanol–water partition coefficient (Wildman–Crippen LogP) is 5.16. The van der Waals surface area contributed by atoms with Gasteiger partial charge in [-0.1, -0.05) is 49.2 Å². The number of amides is 1. The minimum absolute atomic E-state index is 0.148. The standard InChI is InChI=1S/C18H25BrN2O/c1-4-18(2,3)14-8-10-16(11-9-14)20-21-17(22)13-6-5-7-15(19)12-13/h5-7,12,14H,4,8-11H2,1-3H3,(H,21,22). The first kappa shape index (κ1) is 17.2. The van der Waals surface area contributed by atoms with E-state index in [4.69, 9.17) is 0 Å². The second-order valence-electron chi connectivity index (χ2n) is 6.75. The van der Waals surface area contributed by atoms with E-state index < -0.39 is 0 Å². The van der Waals surface area contributed by atoms with Gasteiger partial charge in [-0.2, -0.15) is 5.10 Å². The zero-order chi connectivity index (χ0) is 16.2. The summed E-state index contributed by atoms with van der Waals surface area (Å²) >= 11 is 3.37. The third-order valence-corrected chi connectivity index (χ3v) is 5.47. The summed E-state index contributed by atoms with van der Waals surface area (Å²) in [6, 6.07) is 7.35. The lowest BCUT2D eigenvalue weighted by Crippen LogP contribution is -2.29. The van der Waals surface area contributed by atoms with E-state index in [2.05, 4.69) is 47.2 Å². The maximum Gasteiger partial charge on any atom is 0.271 e. The smallest absolute Gasteiger partial charge is 0.267 e. The number of halogens is 1. The van der Waals surface area contributed by atoms with Gasteiger partial charge in [0.1, 0.15) is 0 Å². The Kier molecular flexibility index (Phi) is 5.79. The molecule has 1 aromatic rings. The van der Waals surface area contributed by atoms with E-state index in [0.717, 1.165) is 28.9 Å². The third kappa shape index (κ3) is 4.42. The first-order chi connectivity index (χ1) is 10.4. The quantitative estimate of drug-likeness (QED) is 0.736. The van der Waals surface area contributed by atoms with E-state index in [0.29, 0.717) is 11.0 Å². The van der Waals surface area contributed by atoms with Crippen LogP contribution in [0, 0.1) is 11.3 Å². The van der Waals surface area contributed by atoms with Crippen molar-refractivity contribution >= 4 is 27.5 Å². The number of hydrogen-bond donors (Lipinski definition) is 1. The van der Waals surface area contributed by atoms with Gasteiger partial charge in [0, 0.05) is 15.7 Å². The van der Waals surface area contributed by atoms with Crippen LogP contribution in [0.2, 0.25) is 0 Å². The SMILES string of the molecule is CCC(C)(C)C1CCC(=NNC(=O)c2cccc(Br)c2)CC1. The van der Waals surface area contributed by atoms with Crippen molar-refractivity contribution in [3.8, 4) is 0 Å². The summed E-state index contributed by atoms with van der Waals surface area (Å²) in [7, 11) is 0. The fourth-order valence-corrected chi connectivity index (χ4v) is 3.36. The van der Waals surface area contributed by atoms with Gasteiger partial charge < -0.3 is 0 Å². The van der Waals surface area contributed by atoms with Gasteiger partial charge in [0.05, 0.1) is 0 Å². The highest BCUT2D eigenvalue weighted by atomic mass is 79.9. The molecule has 0 radical (unpaired) electrons. The van der Waals surface area contributed by atoms with Crippen molar-refractivity contribution in [3.05, 3.63) is 34.3 Å². The molecule has 0 spiro atoms. The maximum atomic E-state index is 12.1. The fraction of sp³-hybridized carbons (Fsp3) is 0.556. The molecule has 0 heterocycles. The summed E-state index contributed by atoms with van der Waals surface area (Å²) in [5.41, 5.74) is 4.84. The normalized spacial score (nSPS) is 18.9. The Morgan fingerprint density at radius 1 is 1.36 bits per heavy atom. The molecule has 120 valence electrons. The van der Waals surface area contributed by atoms with E-state index in [1.165, 1.54) is 19.3 Å². The maximum absolute atomic E-state index is 12.1. The Bertz CT molecular complexity index is 556. The number of hydrogen-bond acceptors (Lipinski definition) is 2. The predicted molar refractivity (Wildman–Crippen MR) is 95.1 cm³/mol. The molecule has 0 saturated heterocycles. The molecule has 4 heteroatoms. The number of hydrazone groups is 1. The lowest BCUT2D eigenvalue weighted by Gasteiger charge is -2.36. The van der Waals surface area contributed by atoms with Gasteiger partial charge in [0.2, 0.25) is 0 Å². The molecular formula is C18H25BrN2O. The Balaban J connectivity index is 1.89. The van der Waals surface area contributed by atoms with Crippen molar-refractivity contribution in [3.63, 3.8) is 0 Å². The third-order valence-electron chi connectivity index (χ3n) is 4.98. The second-order valence-corrected chi connectivity index (χ2v) is 7.66. The Morgan fingerprint density at radius 2 is 2.05 bits per heavy atom. The molecule has 0 atom stereocenters. The van der Waals surface area contributed by atoms with E-state index >= 15 is 0 Å². The minimum atomic E-state index is -0.148. The van der Waals surface area contributed by atoms with Gasteiger partial charge in [-0.05, 0) is 55.2 Å². The number of carbonyl (C=O) groups excluding carboxylic acids is 1. The van der Waals surface area contributed by atoms with Crippen molar-refractivity contribution in [1.29, 1.82) is 0 Å². The highest BCUT2D eigenvalue weighted by Gasteiger charge is 2.30. The summed E-state index contributed by atoms with van der Waals surface area (Å²) in [6.45, 7) is 6.98. The Hall–Kier alpha value is -1.16. The van der Waals surface area contributed by atoms with E-state index in [9.17, 15) is 4.79 Å². The van der Waals surface area contributed by atoms with Crippen LogP contribution in [-0.4, -0.2) is 11.6 Å². The van der Waals surface area contributed by atoms with Gasteiger partial charge in [-0.3, -0.25) is 4.79 Å². The Labute approximate surface area is 141 Å². The monoisotopic (exact) mass is 364 g/mol. The van der Waals surface area contributed by atoms with Crippen LogP contribution in [-0.2, 0) is 0 Å². The zero-order valence-corrected chi connectivity index (χ0v) is 15.2. The van der Waals surface area contributed by atoms with Crippen molar-refractivity contribution in [1.82, 2.24) is 5.43 Å². The lowest BCUT2D eigenvalue weighted by atomic mass is 9.69. The first-order valence-corrected chi connectivity index (χ1v) is 8.83. The molecule has 1 fully saturated rings. The molecule has 0 aromatic heterocycles. The summed E-state index contributed by atoms with van der Waals surface area (Å²) in [5, 5.41) is 4.33. The highest BCUT2D eigenvalue weighted by Crippen LogP contribution is 2.39. The van der Waals surface area contributed by atoms with Crippen LogP contribution in [0.15, 0.2) is 33.8 Å². The molecule has 3 nitrogen and oxygen atoms in total. The van der Waals surface area contributed by atoms with Crippen LogP contribution >= 0.6 is 15.9 Å². The molecule has 1 amide bonds. The highest BCUT2D eigenvalue weighted by molar-refractivity contribution is 9.10. The van der Waals surface area contributed by atoms with E-state index in [1.807, 2.05) is 12.1 Å². The van der Waals surface area contributed by atoms with Crippen molar-refractivity contribution in [2.45, 2.75) is 52.9 Å². The van der Waals surface area contributed by atoms with Crippen LogP contribution in [0.1, 0.15) is 63.2 Å². The van der Waals surface area contributed by atoms with Crippen LogP contribution in [0.4, 0.5) is 0 Å². The summed E-state index contributed by atoms with van der Waals surface area (Å²) in [6.07, 6.45) is 5.54. The van der Waals surface area contributed by atoms with E-state index in [1.54, 1.807) is 12.1 Å².